The molecule has 0 saturated heterocycles. The van der Waals surface area contributed by atoms with E-state index in [0.29, 0.717) is 5.39 Å². The van der Waals surface area contributed by atoms with Crippen LogP contribution in [0.1, 0.15) is 11.8 Å². The smallest absolute Gasteiger partial charge is 0.267 e. The second-order valence-electron chi connectivity index (χ2n) is 2.83. The maximum Gasteiger partial charge on any atom is 0.273 e. The van der Waals surface area contributed by atoms with Crippen LogP contribution in [0.15, 0.2) is 17.2 Å². The third-order valence-electron chi connectivity index (χ3n) is 1.99. The molecule has 2 aromatic rings. The van der Waals surface area contributed by atoms with E-state index in [2.05, 4.69) is 11.0 Å². The van der Waals surface area contributed by atoms with E-state index in [1.54, 1.807) is 0 Å². The van der Waals surface area contributed by atoms with Crippen LogP contribution < -0.4 is 5.56 Å². The van der Waals surface area contributed by atoms with Crippen LogP contribution in [-0.4, -0.2) is 9.55 Å². The number of aryl methyl sites for hydroxylation is 1. The monoisotopic (exact) mass is 204 g/mol. The van der Waals surface area contributed by atoms with Gasteiger partial charge in [0, 0.05) is 10.9 Å². The van der Waals surface area contributed by atoms with Crippen LogP contribution in [0.3, 0.4) is 0 Å². The number of terminal acetylenes is 1. The third kappa shape index (κ3) is 1.22. The summed E-state index contributed by atoms with van der Waals surface area (Å²) >= 11 is 1.54. The Morgan fingerprint density at radius 2 is 2.50 bits per heavy atom. The first kappa shape index (κ1) is 8.97. The highest BCUT2D eigenvalue weighted by atomic mass is 32.1. The van der Waals surface area contributed by atoms with Crippen LogP contribution >= 0.6 is 11.3 Å². The second kappa shape index (κ2) is 3.28. The van der Waals surface area contributed by atoms with Crippen LogP contribution in [0.4, 0.5) is 0 Å². The molecule has 0 aliphatic carbocycles. The van der Waals surface area contributed by atoms with E-state index in [1.807, 2.05) is 13.0 Å². The second-order valence-corrected chi connectivity index (χ2v) is 3.95. The lowest BCUT2D eigenvalue weighted by Crippen LogP contribution is -2.15. The summed E-state index contributed by atoms with van der Waals surface area (Å²) in [5.41, 5.74) is -0.159. The summed E-state index contributed by atoms with van der Waals surface area (Å²) in [4.78, 5) is 17.7. The number of thiophene rings is 1. The molecule has 0 saturated carbocycles. The van der Waals surface area contributed by atoms with Gasteiger partial charge in [-0.1, -0.05) is 13.3 Å². The minimum atomic E-state index is -0.159. The average molecular weight is 204 g/mol. The van der Waals surface area contributed by atoms with Crippen molar-refractivity contribution in [1.82, 2.24) is 9.55 Å². The zero-order chi connectivity index (χ0) is 10.1. The first-order valence-electron chi connectivity index (χ1n) is 4.23. The van der Waals surface area contributed by atoms with Crippen molar-refractivity contribution in [2.24, 2.45) is 0 Å². The summed E-state index contributed by atoms with van der Waals surface area (Å²) in [5.74, 6) is 0. The molecular weight excluding hydrogens is 196 g/mol. The van der Waals surface area contributed by atoms with E-state index in [1.165, 1.54) is 17.7 Å². The van der Waals surface area contributed by atoms with Gasteiger partial charge in [-0.15, -0.1) is 11.3 Å². The van der Waals surface area contributed by atoms with Crippen molar-refractivity contribution >= 4 is 21.6 Å². The van der Waals surface area contributed by atoms with Gasteiger partial charge in [0.05, 0.1) is 5.39 Å². The van der Waals surface area contributed by atoms with Crippen molar-refractivity contribution in [2.45, 2.75) is 13.3 Å². The Kier molecular flexibility index (Phi) is 2.10. The summed E-state index contributed by atoms with van der Waals surface area (Å²) in [6.45, 7) is 2.05. The van der Waals surface area contributed by atoms with Crippen molar-refractivity contribution in [3.8, 4) is 12.5 Å². The number of aromatic nitrogens is 2. The molecule has 0 N–H and O–H groups in total. The molecule has 3 nitrogen and oxygen atoms in total. The number of nitrogens with zero attached hydrogens (tertiary/aromatic N) is 2. The first-order chi connectivity index (χ1) is 6.76. The van der Waals surface area contributed by atoms with Crippen LogP contribution in [0.2, 0.25) is 0 Å². The zero-order valence-electron chi connectivity index (χ0n) is 7.65. The first-order valence-corrected chi connectivity index (χ1v) is 5.04. The quantitative estimate of drug-likeness (QED) is 0.659. The molecule has 0 aliphatic heterocycles. The van der Waals surface area contributed by atoms with E-state index in [9.17, 15) is 4.79 Å². The standard InChI is InChI=1S/C10H8N2OS/c1-3-7-5-8-9(14-7)11-6-12(4-2)10(8)13/h2,5-6H,3H2,1H3. The molecule has 2 aromatic heterocycles. The van der Waals surface area contributed by atoms with Gasteiger partial charge in [-0.3, -0.25) is 4.79 Å². The number of fused-ring (bicyclic) bond motifs is 1. The van der Waals surface area contributed by atoms with Crippen LogP contribution in [-0.2, 0) is 6.42 Å². The normalized spacial score (nSPS) is 10.3. The van der Waals surface area contributed by atoms with Crippen molar-refractivity contribution in [1.29, 1.82) is 0 Å². The lowest BCUT2D eigenvalue weighted by Gasteiger charge is -1.92. The molecule has 0 amide bonds. The molecule has 0 bridgehead atoms. The summed E-state index contributed by atoms with van der Waals surface area (Å²) < 4.78 is 1.16. The molecule has 0 aliphatic rings. The van der Waals surface area contributed by atoms with Gasteiger partial charge in [-0.2, -0.15) is 0 Å². The Bertz CT molecular complexity index is 574. The van der Waals surface area contributed by atoms with Crippen LogP contribution in [0.5, 0.6) is 0 Å². The van der Waals surface area contributed by atoms with E-state index in [-0.39, 0.29) is 5.56 Å². The van der Waals surface area contributed by atoms with Crippen LogP contribution in [0, 0.1) is 12.5 Å². The largest absolute Gasteiger partial charge is 0.273 e. The minimum Gasteiger partial charge on any atom is -0.267 e. The highest BCUT2D eigenvalue weighted by molar-refractivity contribution is 7.18. The minimum absolute atomic E-state index is 0.159. The van der Waals surface area contributed by atoms with E-state index < -0.39 is 0 Å². The highest BCUT2D eigenvalue weighted by Crippen LogP contribution is 2.20. The Balaban J connectivity index is 2.84. The SMILES string of the molecule is C#Cn1cnc2sc(CC)cc2c1=O. The Morgan fingerprint density at radius 1 is 1.71 bits per heavy atom. The molecule has 0 atom stereocenters. The Morgan fingerprint density at radius 3 is 3.14 bits per heavy atom. The van der Waals surface area contributed by atoms with Crippen molar-refractivity contribution in [3.05, 3.63) is 27.6 Å². The molecule has 14 heavy (non-hydrogen) atoms. The molecule has 4 heteroatoms. The third-order valence-corrected chi connectivity index (χ3v) is 3.18. The molecule has 0 fully saturated rings. The summed E-state index contributed by atoms with van der Waals surface area (Å²) in [7, 11) is 0. The Labute approximate surface area is 85.0 Å². The van der Waals surface area contributed by atoms with Gasteiger partial charge in [-0.25, -0.2) is 9.55 Å². The summed E-state index contributed by atoms with van der Waals surface area (Å²) in [5, 5.41) is 0.618. The molecule has 0 radical (unpaired) electrons. The molecular formula is C10H8N2OS. The van der Waals surface area contributed by atoms with Gasteiger partial charge >= 0.3 is 0 Å². The van der Waals surface area contributed by atoms with Crippen molar-refractivity contribution in [3.63, 3.8) is 0 Å². The van der Waals surface area contributed by atoms with Crippen molar-refractivity contribution in [2.75, 3.05) is 0 Å². The molecule has 70 valence electrons. The molecule has 2 heterocycles. The van der Waals surface area contributed by atoms with Crippen LogP contribution in [0.25, 0.3) is 10.2 Å². The summed E-state index contributed by atoms with van der Waals surface area (Å²) in [6.07, 6.45) is 7.46. The van der Waals surface area contributed by atoms with E-state index in [4.69, 9.17) is 6.42 Å². The van der Waals surface area contributed by atoms with Gasteiger partial charge in [0.1, 0.15) is 11.2 Å². The number of rotatable bonds is 1. The average Bonchev–Trinajstić information content (AvgIpc) is 2.62. The van der Waals surface area contributed by atoms with Gasteiger partial charge in [0.15, 0.2) is 0 Å². The fourth-order valence-electron chi connectivity index (χ4n) is 1.24. The predicted octanol–water partition coefficient (Wildman–Crippen LogP) is 1.46. The predicted molar refractivity (Wildman–Crippen MR) is 57.5 cm³/mol. The molecule has 0 aromatic carbocycles. The Hall–Kier alpha value is -1.60. The van der Waals surface area contributed by atoms with E-state index in [0.717, 1.165) is 20.7 Å². The number of hydrogen-bond acceptors (Lipinski definition) is 3. The summed E-state index contributed by atoms with van der Waals surface area (Å²) in [6, 6.07) is 4.13. The lowest BCUT2D eigenvalue weighted by molar-refractivity contribution is 1.01. The molecule has 0 spiro atoms. The van der Waals surface area contributed by atoms with Crippen molar-refractivity contribution < 1.29 is 0 Å². The highest BCUT2D eigenvalue weighted by Gasteiger charge is 2.06. The fraction of sp³-hybridized carbons (Fsp3) is 0.200. The zero-order valence-corrected chi connectivity index (χ0v) is 8.47. The molecule has 2 rings (SSSR count). The fourth-order valence-corrected chi connectivity index (χ4v) is 2.16. The van der Waals surface area contributed by atoms with Gasteiger partial charge in [0.2, 0.25) is 0 Å². The maximum absolute atomic E-state index is 11.7. The van der Waals surface area contributed by atoms with E-state index >= 15 is 0 Å². The molecule has 0 unspecified atom stereocenters. The van der Waals surface area contributed by atoms with Gasteiger partial charge in [-0.05, 0) is 12.5 Å². The van der Waals surface area contributed by atoms with Gasteiger partial charge < -0.3 is 0 Å². The number of hydrogen-bond donors (Lipinski definition) is 0. The maximum atomic E-state index is 11.7. The van der Waals surface area contributed by atoms with Gasteiger partial charge in [0.25, 0.3) is 5.56 Å². The lowest BCUT2D eigenvalue weighted by atomic mass is 10.3. The topological polar surface area (TPSA) is 34.9 Å².